The summed E-state index contributed by atoms with van der Waals surface area (Å²) in [4.78, 5) is 1.28. The Hall–Kier alpha value is -1.16. The van der Waals surface area contributed by atoms with Gasteiger partial charge in [-0.2, -0.15) is 0 Å². The average Bonchev–Trinajstić information content (AvgIpc) is 2.82. The first kappa shape index (κ1) is 10.4. The molecule has 3 heteroatoms. The molecule has 0 unspecified atom stereocenters. The second kappa shape index (κ2) is 4.57. The minimum absolute atomic E-state index is 0.0533. The zero-order valence-electron chi connectivity index (χ0n) is 8.39. The highest BCUT2D eigenvalue weighted by Gasteiger charge is 2.03. The summed E-state index contributed by atoms with van der Waals surface area (Å²) in [5.41, 5.74) is 13.7. The number of hydrogen-bond donors (Lipinski definition) is 2. The summed E-state index contributed by atoms with van der Waals surface area (Å²) in [6.45, 7) is 0.484. The van der Waals surface area contributed by atoms with E-state index in [9.17, 15) is 0 Å². The molecule has 1 aromatic carbocycles. The van der Waals surface area contributed by atoms with Crippen LogP contribution in [0.5, 0.6) is 0 Å². The molecule has 2 aromatic rings. The van der Waals surface area contributed by atoms with Crippen molar-refractivity contribution in [1.29, 1.82) is 0 Å². The van der Waals surface area contributed by atoms with Gasteiger partial charge in [0, 0.05) is 17.5 Å². The normalized spacial score (nSPS) is 12.7. The maximum atomic E-state index is 5.84. The number of benzene rings is 1. The van der Waals surface area contributed by atoms with Crippen LogP contribution in [0, 0.1) is 0 Å². The molecule has 0 spiro atoms. The van der Waals surface area contributed by atoms with Crippen LogP contribution < -0.4 is 11.5 Å². The lowest BCUT2D eigenvalue weighted by atomic mass is 10.1. The van der Waals surface area contributed by atoms with Gasteiger partial charge in [-0.1, -0.05) is 30.3 Å². The van der Waals surface area contributed by atoms with Crippen LogP contribution in [-0.2, 0) is 0 Å². The first-order valence-electron chi connectivity index (χ1n) is 4.91. The number of nitrogens with two attached hydrogens (primary N) is 2. The van der Waals surface area contributed by atoms with Crippen molar-refractivity contribution in [2.24, 2.45) is 11.5 Å². The zero-order chi connectivity index (χ0) is 10.7. The summed E-state index contributed by atoms with van der Waals surface area (Å²) in [5.74, 6) is 0. The summed E-state index contributed by atoms with van der Waals surface area (Å²) in [6, 6.07) is 12.4. The van der Waals surface area contributed by atoms with E-state index in [2.05, 4.69) is 29.6 Å². The highest BCUT2D eigenvalue weighted by molar-refractivity contribution is 7.13. The lowest BCUT2D eigenvalue weighted by Gasteiger charge is -2.09. The smallest absolute Gasteiger partial charge is 0.0419 e. The Labute approximate surface area is 93.5 Å². The van der Waals surface area contributed by atoms with Crippen molar-refractivity contribution in [2.45, 2.75) is 6.04 Å². The lowest BCUT2D eigenvalue weighted by Crippen LogP contribution is -2.20. The SMILES string of the molecule is NC[C@H](N)c1ccc(-c2cccs2)cc1. The van der Waals surface area contributed by atoms with E-state index in [-0.39, 0.29) is 6.04 Å². The molecule has 15 heavy (non-hydrogen) atoms. The summed E-state index contributed by atoms with van der Waals surface area (Å²) in [6.07, 6.45) is 0. The van der Waals surface area contributed by atoms with Crippen molar-refractivity contribution in [1.82, 2.24) is 0 Å². The van der Waals surface area contributed by atoms with Gasteiger partial charge in [0.1, 0.15) is 0 Å². The van der Waals surface area contributed by atoms with Gasteiger partial charge in [0.05, 0.1) is 0 Å². The minimum atomic E-state index is -0.0533. The van der Waals surface area contributed by atoms with Crippen molar-refractivity contribution in [3.63, 3.8) is 0 Å². The van der Waals surface area contributed by atoms with Gasteiger partial charge < -0.3 is 11.5 Å². The van der Waals surface area contributed by atoms with Crippen LogP contribution in [0.15, 0.2) is 41.8 Å². The molecule has 0 radical (unpaired) electrons. The highest BCUT2D eigenvalue weighted by atomic mass is 32.1. The van der Waals surface area contributed by atoms with Crippen LogP contribution >= 0.6 is 11.3 Å². The molecule has 0 aliphatic heterocycles. The first-order valence-corrected chi connectivity index (χ1v) is 5.78. The van der Waals surface area contributed by atoms with Crippen LogP contribution in [-0.4, -0.2) is 6.54 Å². The molecule has 1 heterocycles. The third kappa shape index (κ3) is 2.26. The Kier molecular flexibility index (Phi) is 3.16. The molecule has 0 bridgehead atoms. The van der Waals surface area contributed by atoms with Crippen molar-refractivity contribution >= 4 is 11.3 Å². The fourth-order valence-corrected chi connectivity index (χ4v) is 2.21. The van der Waals surface area contributed by atoms with E-state index in [1.54, 1.807) is 11.3 Å². The highest BCUT2D eigenvalue weighted by Crippen LogP contribution is 2.25. The molecule has 1 atom stereocenters. The van der Waals surface area contributed by atoms with E-state index < -0.39 is 0 Å². The molecule has 4 N–H and O–H groups in total. The van der Waals surface area contributed by atoms with Gasteiger partial charge >= 0.3 is 0 Å². The quantitative estimate of drug-likeness (QED) is 0.831. The first-order chi connectivity index (χ1) is 7.31. The predicted molar refractivity (Wildman–Crippen MR) is 65.7 cm³/mol. The summed E-state index contributed by atoms with van der Waals surface area (Å²) in [7, 11) is 0. The fourth-order valence-electron chi connectivity index (χ4n) is 1.47. The molecule has 1 aromatic heterocycles. The molecule has 0 aliphatic rings. The summed E-state index contributed by atoms with van der Waals surface area (Å²) < 4.78 is 0. The van der Waals surface area contributed by atoms with Crippen LogP contribution in [0.1, 0.15) is 11.6 Å². The Morgan fingerprint density at radius 3 is 2.40 bits per heavy atom. The van der Waals surface area contributed by atoms with E-state index in [0.717, 1.165) is 5.56 Å². The van der Waals surface area contributed by atoms with E-state index in [0.29, 0.717) is 6.54 Å². The largest absolute Gasteiger partial charge is 0.329 e. The Morgan fingerprint density at radius 2 is 1.87 bits per heavy atom. The molecular formula is C12H14N2S. The molecule has 0 saturated heterocycles. The summed E-state index contributed by atoms with van der Waals surface area (Å²) >= 11 is 1.74. The molecule has 78 valence electrons. The van der Waals surface area contributed by atoms with E-state index in [1.807, 2.05) is 12.1 Å². The minimum Gasteiger partial charge on any atom is -0.329 e. The molecule has 0 amide bonds. The second-order valence-corrected chi connectivity index (χ2v) is 4.39. The van der Waals surface area contributed by atoms with Gasteiger partial charge in [0.15, 0.2) is 0 Å². The Morgan fingerprint density at radius 1 is 1.13 bits per heavy atom. The molecule has 2 rings (SSSR count). The van der Waals surface area contributed by atoms with E-state index in [1.165, 1.54) is 10.4 Å². The van der Waals surface area contributed by atoms with Crippen molar-refractivity contribution in [3.05, 3.63) is 47.3 Å². The second-order valence-electron chi connectivity index (χ2n) is 3.44. The third-order valence-corrected chi connectivity index (χ3v) is 3.32. The average molecular weight is 218 g/mol. The van der Waals surface area contributed by atoms with Crippen LogP contribution in [0.25, 0.3) is 10.4 Å². The van der Waals surface area contributed by atoms with Crippen molar-refractivity contribution in [2.75, 3.05) is 6.54 Å². The Bertz CT molecular complexity index is 406. The molecule has 0 aliphatic carbocycles. The number of hydrogen-bond acceptors (Lipinski definition) is 3. The van der Waals surface area contributed by atoms with E-state index >= 15 is 0 Å². The van der Waals surface area contributed by atoms with Gasteiger partial charge in [-0.15, -0.1) is 11.3 Å². The monoisotopic (exact) mass is 218 g/mol. The van der Waals surface area contributed by atoms with Gasteiger partial charge in [-0.3, -0.25) is 0 Å². The topological polar surface area (TPSA) is 52.0 Å². The van der Waals surface area contributed by atoms with Crippen LogP contribution in [0.3, 0.4) is 0 Å². The maximum absolute atomic E-state index is 5.84. The Balaban J connectivity index is 2.25. The van der Waals surface area contributed by atoms with Gasteiger partial charge in [-0.25, -0.2) is 0 Å². The maximum Gasteiger partial charge on any atom is 0.0419 e. The van der Waals surface area contributed by atoms with Crippen LogP contribution in [0.4, 0.5) is 0 Å². The van der Waals surface area contributed by atoms with Crippen LogP contribution in [0.2, 0.25) is 0 Å². The third-order valence-electron chi connectivity index (χ3n) is 2.40. The molecule has 0 fully saturated rings. The standard InChI is InChI=1S/C12H14N2S/c13-8-11(14)9-3-5-10(6-4-9)12-2-1-7-15-12/h1-7,11H,8,13-14H2/t11-/m0/s1. The van der Waals surface area contributed by atoms with Crippen molar-refractivity contribution in [3.8, 4) is 10.4 Å². The zero-order valence-corrected chi connectivity index (χ0v) is 9.21. The van der Waals surface area contributed by atoms with Gasteiger partial charge in [0.2, 0.25) is 0 Å². The van der Waals surface area contributed by atoms with Gasteiger partial charge in [0.25, 0.3) is 0 Å². The lowest BCUT2D eigenvalue weighted by molar-refractivity contribution is 0.737. The number of thiophene rings is 1. The number of rotatable bonds is 3. The summed E-state index contributed by atoms with van der Waals surface area (Å²) in [5, 5.41) is 2.08. The molecule has 0 saturated carbocycles. The molecule has 2 nitrogen and oxygen atoms in total. The van der Waals surface area contributed by atoms with Gasteiger partial charge in [-0.05, 0) is 22.6 Å². The fraction of sp³-hybridized carbons (Fsp3) is 0.167. The van der Waals surface area contributed by atoms with E-state index in [4.69, 9.17) is 11.5 Å². The predicted octanol–water partition coefficient (Wildman–Crippen LogP) is 2.37. The van der Waals surface area contributed by atoms with Crippen molar-refractivity contribution < 1.29 is 0 Å². The molecular weight excluding hydrogens is 204 g/mol.